The van der Waals surface area contributed by atoms with E-state index in [-0.39, 0.29) is 0 Å². The lowest BCUT2D eigenvalue weighted by Crippen LogP contribution is -2.35. The number of hydrogen-bond acceptors (Lipinski definition) is 2. The molecule has 0 aliphatic rings. The van der Waals surface area contributed by atoms with Crippen LogP contribution < -0.4 is 10.6 Å². The molecule has 0 saturated heterocycles. The van der Waals surface area contributed by atoms with Crippen LogP contribution in [0.5, 0.6) is 0 Å². The maximum Gasteiger partial charge on any atom is 0.401 e. The van der Waals surface area contributed by atoms with Gasteiger partial charge in [-0.25, -0.2) is 0 Å². The topological polar surface area (TPSA) is 41.1 Å². The van der Waals surface area contributed by atoms with Crippen molar-refractivity contribution in [1.82, 2.24) is 5.32 Å². The Balaban J connectivity index is 2.06. The number of fused-ring (bicyclic) bond motifs is 1. The number of nitrogens with one attached hydrogen (secondary N) is 2. The fourth-order valence-electron chi connectivity index (χ4n) is 1.88. The second-order valence-electron chi connectivity index (χ2n) is 4.41. The molecule has 2 N–H and O–H groups in total. The van der Waals surface area contributed by atoms with Gasteiger partial charge in [0.15, 0.2) is 0 Å². The lowest BCUT2D eigenvalue weighted by Gasteiger charge is -2.11. The van der Waals surface area contributed by atoms with Crippen LogP contribution in [0, 0.1) is 0 Å². The van der Waals surface area contributed by atoms with E-state index in [4.69, 9.17) is 0 Å². The molecule has 0 fully saturated rings. The molecule has 0 atom stereocenters. The Labute approximate surface area is 127 Å². The Morgan fingerprint density at radius 3 is 2.43 bits per heavy atom. The van der Waals surface area contributed by atoms with Crippen molar-refractivity contribution < 1.29 is 18.0 Å². The fourth-order valence-corrected chi connectivity index (χ4v) is 2.36. The van der Waals surface area contributed by atoms with Crippen LogP contribution in [0.4, 0.5) is 18.9 Å². The van der Waals surface area contributed by atoms with E-state index in [1.807, 2.05) is 24.3 Å². The van der Waals surface area contributed by atoms with Crippen LogP contribution in [0.25, 0.3) is 10.8 Å². The molecule has 0 radical (unpaired) electrons. The summed E-state index contributed by atoms with van der Waals surface area (Å²) in [6.07, 6.45) is -4.33. The predicted molar refractivity (Wildman–Crippen MR) is 79.2 cm³/mol. The van der Waals surface area contributed by atoms with E-state index in [0.29, 0.717) is 5.69 Å². The lowest BCUT2D eigenvalue weighted by atomic mass is 10.1. The second kappa shape index (κ2) is 6.44. The maximum absolute atomic E-state index is 12.0. The minimum atomic E-state index is -4.33. The molecule has 0 heterocycles. The summed E-state index contributed by atoms with van der Waals surface area (Å²) in [5.41, 5.74) is 0.563. The van der Waals surface area contributed by atoms with Gasteiger partial charge < -0.3 is 10.6 Å². The Bertz CT molecular complexity index is 658. The summed E-state index contributed by atoms with van der Waals surface area (Å²) >= 11 is 3.41. The molecule has 0 unspecified atom stereocenters. The highest BCUT2D eigenvalue weighted by Crippen LogP contribution is 2.29. The fraction of sp³-hybridized carbons (Fsp3) is 0.214. The van der Waals surface area contributed by atoms with Crippen molar-refractivity contribution in [3.8, 4) is 0 Å². The van der Waals surface area contributed by atoms with Gasteiger partial charge in [-0.15, -0.1) is 0 Å². The average Bonchev–Trinajstić information content (AvgIpc) is 2.41. The minimum absolute atomic E-state index is 0.399. The first-order chi connectivity index (χ1) is 9.87. The van der Waals surface area contributed by atoms with E-state index < -0.39 is 25.2 Å². The molecule has 0 aliphatic carbocycles. The van der Waals surface area contributed by atoms with Gasteiger partial charge >= 0.3 is 6.18 Å². The number of carbonyl (C=O) groups excluding carboxylic acids is 1. The van der Waals surface area contributed by atoms with E-state index in [1.165, 1.54) is 0 Å². The van der Waals surface area contributed by atoms with Gasteiger partial charge in [-0.3, -0.25) is 4.79 Å². The number of alkyl halides is 3. The van der Waals surface area contributed by atoms with Crippen molar-refractivity contribution in [1.29, 1.82) is 0 Å². The summed E-state index contributed by atoms with van der Waals surface area (Å²) < 4.78 is 36.8. The molecule has 2 aromatic rings. The van der Waals surface area contributed by atoms with E-state index in [0.717, 1.165) is 15.2 Å². The quantitative estimate of drug-likeness (QED) is 0.872. The highest BCUT2D eigenvalue weighted by atomic mass is 79.9. The normalized spacial score (nSPS) is 11.6. The zero-order chi connectivity index (χ0) is 15.5. The van der Waals surface area contributed by atoms with Crippen molar-refractivity contribution >= 4 is 38.3 Å². The number of carbonyl (C=O) groups is 1. The Hall–Kier alpha value is -1.60. The number of anilines is 1. The molecule has 112 valence electrons. The zero-order valence-electron chi connectivity index (χ0n) is 10.8. The van der Waals surface area contributed by atoms with Gasteiger partial charge in [-0.05, 0) is 17.5 Å². The van der Waals surface area contributed by atoms with Gasteiger partial charge in [-0.1, -0.05) is 40.2 Å². The Morgan fingerprint density at radius 1 is 1.10 bits per heavy atom. The van der Waals surface area contributed by atoms with Crippen LogP contribution in [0.15, 0.2) is 40.9 Å². The van der Waals surface area contributed by atoms with E-state index in [1.54, 1.807) is 12.1 Å². The molecular formula is C14H12BrF3N2O. The summed E-state index contributed by atoms with van der Waals surface area (Å²) in [6.45, 7) is -1.59. The second-order valence-corrected chi connectivity index (χ2v) is 5.26. The molecular weight excluding hydrogens is 349 g/mol. The van der Waals surface area contributed by atoms with Gasteiger partial charge in [0.1, 0.15) is 0 Å². The summed E-state index contributed by atoms with van der Waals surface area (Å²) in [4.78, 5) is 11.7. The molecule has 0 bridgehead atoms. The first-order valence-electron chi connectivity index (χ1n) is 6.11. The largest absolute Gasteiger partial charge is 0.401 e. The number of rotatable bonds is 4. The smallest absolute Gasteiger partial charge is 0.324 e. The molecule has 2 aromatic carbocycles. The zero-order valence-corrected chi connectivity index (χ0v) is 12.4. The van der Waals surface area contributed by atoms with Gasteiger partial charge in [0.2, 0.25) is 5.91 Å². The minimum Gasteiger partial charge on any atom is -0.324 e. The monoisotopic (exact) mass is 360 g/mol. The third-order valence-electron chi connectivity index (χ3n) is 2.76. The van der Waals surface area contributed by atoms with Crippen molar-refractivity contribution in [2.75, 3.05) is 18.4 Å². The highest BCUT2D eigenvalue weighted by Gasteiger charge is 2.26. The van der Waals surface area contributed by atoms with Crippen LogP contribution in [-0.4, -0.2) is 25.2 Å². The molecule has 0 saturated carbocycles. The highest BCUT2D eigenvalue weighted by molar-refractivity contribution is 9.10. The molecule has 3 nitrogen and oxygen atoms in total. The Morgan fingerprint density at radius 2 is 1.76 bits per heavy atom. The van der Waals surface area contributed by atoms with Crippen LogP contribution in [-0.2, 0) is 4.79 Å². The summed E-state index contributed by atoms with van der Waals surface area (Å²) in [7, 11) is 0. The van der Waals surface area contributed by atoms with Crippen LogP contribution in [0.3, 0.4) is 0 Å². The first-order valence-corrected chi connectivity index (χ1v) is 6.91. The van der Waals surface area contributed by atoms with Crippen molar-refractivity contribution in [3.63, 3.8) is 0 Å². The van der Waals surface area contributed by atoms with Crippen molar-refractivity contribution in [3.05, 3.63) is 40.9 Å². The average molecular weight is 361 g/mol. The molecule has 2 rings (SSSR count). The lowest BCUT2D eigenvalue weighted by molar-refractivity contribution is -0.126. The number of benzene rings is 2. The third kappa shape index (κ3) is 4.44. The molecule has 0 aliphatic heterocycles. The standard InChI is InChI=1S/C14H12BrF3N2O/c15-11-5-6-12(10-4-2-1-3-9(10)11)20-13(21)7-19-8-14(16,17)18/h1-6,19H,7-8H2,(H,20,21). The summed E-state index contributed by atoms with van der Waals surface area (Å²) in [5, 5.41) is 6.40. The number of hydrogen-bond donors (Lipinski definition) is 2. The van der Waals surface area contributed by atoms with E-state index in [2.05, 4.69) is 26.6 Å². The first kappa shape index (κ1) is 15.8. The molecule has 7 heteroatoms. The van der Waals surface area contributed by atoms with Gasteiger partial charge in [0.25, 0.3) is 0 Å². The van der Waals surface area contributed by atoms with Crippen LogP contribution >= 0.6 is 15.9 Å². The molecule has 1 amide bonds. The van der Waals surface area contributed by atoms with Crippen LogP contribution in [0.1, 0.15) is 0 Å². The third-order valence-corrected chi connectivity index (χ3v) is 3.45. The van der Waals surface area contributed by atoms with Gasteiger partial charge in [0, 0.05) is 15.5 Å². The van der Waals surface area contributed by atoms with E-state index in [9.17, 15) is 18.0 Å². The van der Waals surface area contributed by atoms with Gasteiger partial charge in [0.05, 0.1) is 13.1 Å². The predicted octanol–water partition coefficient (Wildman–Crippen LogP) is 3.69. The molecule has 21 heavy (non-hydrogen) atoms. The molecule has 0 spiro atoms. The molecule has 0 aromatic heterocycles. The van der Waals surface area contributed by atoms with Crippen molar-refractivity contribution in [2.24, 2.45) is 0 Å². The number of amides is 1. The van der Waals surface area contributed by atoms with Crippen LogP contribution in [0.2, 0.25) is 0 Å². The number of halogens is 4. The van der Waals surface area contributed by atoms with E-state index >= 15 is 0 Å². The SMILES string of the molecule is O=C(CNCC(F)(F)F)Nc1ccc(Br)c2ccccc12. The summed E-state index contributed by atoms with van der Waals surface area (Å²) in [5.74, 6) is -0.522. The summed E-state index contributed by atoms with van der Waals surface area (Å²) in [6, 6.07) is 10.9. The van der Waals surface area contributed by atoms with Gasteiger partial charge in [-0.2, -0.15) is 13.2 Å². The maximum atomic E-state index is 12.0. The Kier molecular flexibility index (Phi) is 4.84. The van der Waals surface area contributed by atoms with Crippen molar-refractivity contribution in [2.45, 2.75) is 6.18 Å².